The zero-order chi connectivity index (χ0) is 17.1. The number of fused-ring (bicyclic) bond motifs is 1. The Balaban J connectivity index is 1.35. The Hall–Kier alpha value is -2.18. The number of hydrogen-bond donors (Lipinski definition) is 1. The summed E-state index contributed by atoms with van der Waals surface area (Å²) in [4.78, 5) is 19.0. The van der Waals surface area contributed by atoms with Gasteiger partial charge in [0.05, 0.1) is 26.0 Å². The third kappa shape index (κ3) is 3.60. The largest absolute Gasteiger partial charge is 0.468 e. The van der Waals surface area contributed by atoms with Crippen molar-refractivity contribution in [2.45, 2.75) is 19.5 Å². The molecular formula is C19H23N3O3. The average molecular weight is 341 g/mol. The van der Waals surface area contributed by atoms with Gasteiger partial charge >= 0.3 is 0 Å². The van der Waals surface area contributed by atoms with Gasteiger partial charge in [-0.2, -0.15) is 0 Å². The van der Waals surface area contributed by atoms with Crippen LogP contribution in [0, 0.1) is 11.3 Å². The molecule has 2 aliphatic rings. The average Bonchev–Trinajstić information content (AvgIpc) is 3.31. The van der Waals surface area contributed by atoms with E-state index in [0.29, 0.717) is 25.5 Å². The van der Waals surface area contributed by atoms with Gasteiger partial charge in [-0.15, -0.1) is 0 Å². The first-order valence-electron chi connectivity index (χ1n) is 8.72. The van der Waals surface area contributed by atoms with Crippen LogP contribution in [0.15, 0.2) is 47.3 Å². The quantitative estimate of drug-likeness (QED) is 0.868. The van der Waals surface area contributed by atoms with Crippen LogP contribution in [0.4, 0.5) is 0 Å². The molecule has 2 saturated heterocycles. The number of hydrogen-bond acceptors (Lipinski definition) is 5. The molecule has 132 valence electrons. The predicted molar refractivity (Wildman–Crippen MR) is 91.4 cm³/mol. The van der Waals surface area contributed by atoms with Gasteiger partial charge in [0.2, 0.25) is 5.91 Å². The molecule has 0 aliphatic carbocycles. The van der Waals surface area contributed by atoms with E-state index in [-0.39, 0.29) is 11.3 Å². The first kappa shape index (κ1) is 16.3. The lowest BCUT2D eigenvalue weighted by Crippen LogP contribution is -2.37. The van der Waals surface area contributed by atoms with Crippen LogP contribution in [0.2, 0.25) is 0 Å². The minimum Gasteiger partial charge on any atom is -0.468 e. The second-order valence-electron chi connectivity index (χ2n) is 7.14. The molecule has 2 aliphatic heterocycles. The summed E-state index contributed by atoms with van der Waals surface area (Å²) in [5.41, 5.74) is 0.935. The molecule has 0 spiro atoms. The summed E-state index contributed by atoms with van der Waals surface area (Å²) in [6.45, 7) is 4.54. The lowest BCUT2D eigenvalue weighted by molar-refractivity contribution is -0.123. The Kier molecular flexibility index (Phi) is 4.55. The van der Waals surface area contributed by atoms with Crippen molar-refractivity contribution in [2.75, 3.05) is 26.3 Å². The zero-order valence-electron chi connectivity index (χ0n) is 14.2. The molecule has 1 amide bonds. The number of aromatic nitrogens is 1. The number of ether oxygens (including phenoxy) is 1. The van der Waals surface area contributed by atoms with Crippen molar-refractivity contribution in [3.8, 4) is 0 Å². The van der Waals surface area contributed by atoms with Crippen LogP contribution in [0.1, 0.15) is 17.7 Å². The molecule has 0 radical (unpaired) electrons. The maximum absolute atomic E-state index is 12.5. The molecule has 2 fully saturated rings. The fraction of sp³-hybridized carbons (Fsp3) is 0.474. The van der Waals surface area contributed by atoms with Gasteiger partial charge in [-0.05, 0) is 23.8 Å². The highest BCUT2D eigenvalue weighted by atomic mass is 16.5. The number of nitrogens with one attached hydrogen (secondary N) is 1. The topological polar surface area (TPSA) is 67.6 Å². The van der Waals surface area contributed by atoms with E-state index in [1.165, 1.54) is 0 Å². The Morgan fingerprint density at radius 2 is 2.36 bits per heavy atom. The second kappa shape index (κ2) is 6.98. The molecule has 4 heterocycles. The summed E-state index contributed by atoms with van der Waals surface area (Å²) in [5, 5.41) is 3.02. The van der Waals surface area contributed by atoms with Crippen LogP contribution >= 0.6 is 0 Å². The van der Waals surface area contributed by atoms with Gasteiger partial charge in [-0.3, -0.25) is 14.7 Å². The van der Waals surface area contributed by atoms with E-state index < -0.39 is 0 Å². The lowest BCUT2D eigenvalue weighted by Gasteiger charge is -2.26. The van der Waals surface area contributed by atoms with Crippen molar-refractivity contribution in [3.63, 3.8) is 0 Å². The van der Waals surface area contributed by atoms with Crippen molar-refractivity contribution in [3.05, 3.63) is 54.2 Å². The van der Waals surface area contributed by atoms with Crippen LogP contribution in [-0.4, -0.2) is 42.1 Å². The van der Waals surface area contributed by atoms with E-state index in [2.05, 4.69) is 15.2 Å². The number of pyridine rings is 1. The molecule has 0 bridgehead atoms. The second-order valence-corrected chi connectivity index (χ2v) is 7.14. The molecular weight excluding hydrogens is 318 g/mol. The van der Waals surface area contributed by atoms with Gasteiger partial charge in [0, 0.05) is 49.8 Å². The molecule has 2 aromatic heterocycles. The van der Waals surface area contributed by atoms with Gasteiger partial charge in [0.25, 0.3) is 0 Å². The first-order valence-corrected chi connectivity index (χ1v) is 8.72. The van der Waals surface area contributed by atoms with Crippen molar-refractivity contribution >= 4 is 5.91 Å². The van der Waals surface area contributed by atoms with Gasteiger partial charge in [0.1, 0.15) is 5.76 Å². The zero-order valence-corrected chi connectivity index (χ0v) is 14.2. The van der Waals surface area contributed by atoms with Crippen molar-refractivity contribution < 1.29 is 13.9 Å². The van der Waals surface area contributed by atoms with Crippen molar-refractivity contribution in [1.82, 2.24) is 15.2 Å². The van der Waals surface area contributed by atoms with E-state index in [1.807, 2.05) is 24.3 Å². The minimum atomic E-state index is -0.0778. The number of carbonyl (C=O) groups excluding carboxylic acids is 1. The summed E-state index contributed by atoms with van der Waals surface area (Å²) in [5.74, 6) is 1.46. The highest BCUT2D eigenvalue weighted by Gasteiger charge is 2.51. The Labute approximate surface area is 147 Å². The van der Waals surface area contributed by atoms with Gasteiger partial charge in [-0.1, -0.05) is 6.07 Å². The van der Waals surface area contributed by atoms with Crippen LogP contribution in [-0.2, 0) is 22.6 Å². The minimum absolute atomic E-state index is 0.0778. The highest BCUT2D eigenvalue weighted by Crippen LogP contribution is 2.44. The summed E-state index contributed by atoms with van der Waals surface area (Å²) < 4.78 is 11.2. The van der Waals surface area contributed by atoms with Crippen molar-refractivity contribution in [2.24, 2.45) is 11.3 Å². The summed E-state index contributed by atoms with van der Waals surface area (Å²) in [6.07, 6.45) is 5.72. The molecule has 2 atom stereocenters. The number of rotatable bonds is 6. The summed E-state index contributed by atoms with van der Waals surface area (Å²) >= 11 is 0. The Morgan fingerprint density at radius 1 is 1.40 bits per heavy atom. The fourth-order valence-corrected chi connectivity index (χ4v) is 4.02. The maximum Gasteiger partial charge on any atom is 0.220 e. The van der Waals surface area contributed by atoms with Gasteiger partial charge < -0.3 is 14.5 Å². The maximum atomic E-state index is 12.5. The fourth-order valence-electron chi connectivity index (χ4n) is 4.02. The van der Waals surface area contributed by atoms with Crippen LogP contribution in [0.5, 0.6) is 0 Å². The van der Waals surface area contributed by atoms with Crippen LogP contribution in [0.3, 0.4) is 0 Å². The molecule has 2 aromatic rings. The van der Waals surface area contributed by atoms with E-state index in [1.54, 1.807) is 18.7 Å². The van der Waals surface area contributed by atoms with Crippen molar-refractivity contribution in [1.29, 1.82) is 0 Å². The monoisotopic (exact) mass is 341 g/mol. The normalized spacial score (nSPS) is 25.8. The van der Waals surface area contributed by atoms with Gasteiger partial charge in [-0.25, -0.2) is 0 Å². The molecule has 25 heavy (non-hydrogen) atoms. The molecule has 0 aromatic carbocycles. The molecule has 0 unspecified atom stereocenters. The van der Waals surface area contributed by atoms with Crippen LogP contribution < -0.4 is 5.32 Å². The third-order valence-corrected chi connectivity index (χ3v) is 5.28. The van der Waals surface area contributed by atoms with E-state index in [4.69, 9.17) is 9.15 Å². The molecule has 4 rings (SSSR count). The van der Waals surface area contributed by atoms with E-state index >= 15 is 0 Å². The highest BCUT2D eigenvalue weighted by molar-refractivity contribution is 5.77. The number of furan rings is 1. The summed E-state index contributed by atoms with van der Waals surface area (Å²) in [7, 11) is 0. The molecule has 1 N–H and O–H groups in total. The number of carbonyl (C=O) groups is 1. The number of likely N-dealkylation sites (tertiary alicyclic amines) is 1. The lowest BCUT2D eigenvalue weighted by atomic mass is 9.78. The smallest absolute Gasteiger partial charge is 0.220 e. The molecule has 6 heteroatoms. The Bertz CT molecular complexity index is 704. The van der Waals surface area contributed by atoms with Gasteiger partial charge in [0.15, 0.2) is 0 Å². The SMILES string of the molecule is O=C(C[C@@]12COC[C@@H]1CN(Cc1ccco1)C2)NCc1cccnc1. The van der Waals surface area contributed by atoms with E-state index in [0.717, 1.165) is 37.6 Å². The van der Waals surface area contributed by atoms with Crippen LogP contribution in [0.25, 0.3) is 0 Å². The molecule has 0 saturated carbocycles. The van der Waals surface area contributed by atoms with E-state index in [9.17, 15) is 4.79 Å². The number of amides is 1. The summed E-state index contributed by atoms with van der Waals surface area (Å²) in [6, 6.07) is 7.76. The standard InChI is InChI=1S/C19H23N3O3/c23-18(21-9-15-3-1-5-20-8-15)7-19-13-22(10-16(19)12-24-14-19)11-17-4-2-6-25-17/h1-6,8,16H,7,9-14H2,(H,21,23)/t16-,19+/m0/s1. The predicted octanol–water partition coefficient (Wildman–Crippen LogP) is 1.83. The Morgan fingerprint density at radius 3 is 3.16 bits per heavy atom. The molecule has 6 nitrogen and oxygen atoms in total. The first-order chi connectivity index (χ1) is 12.2. The third-order valence-electron chi connectivity index (χ3n) is 5.28. The number of nitrogens with zero attached hydrogens (tertiary/aromatic N) is 2.